The van der Waals surface area contributed by atoms with Gasteiger partial charge in [-0.2, -0.15) is 5.10 Å². The van der Waals surface area contributed by atoms with E-state index >= 15 is 0 Å². The molecule has 2 amide bonds. The zero-order valence-corrected chi connectivity index (χ0v) is 14.7. The van der Waals surface area contributed by atoms with E-state index < -0.39 is 0 Å². The molecule has 0 radical (unpaired) electrons. The molecule has 1 atom stereocenters. The second-order valence-corrected chi connectivity index (χ2v) is 6.18. The van der Waals surface area contributed by atoms with E-state index in [4.69, 9.17) is 9.15 Å². The maximum Gasteiger partial charge on any atom is 0.322 e. The van der Waals surface area contributed by atoms with Crippen molar-refractivity contribution < 1.29 is 13.9 Å². The Bertz CT molecular complexity index is 664. The number of hydrogen-bond donors (Lipinski definition) is 1. The number of hydrogen-bond acceptors (Lipinski definition) is 5. The lowest BCUT2D eigenvalue weighted by molar-refractivity contribution is 0.0360. The van der Waals surface area contributed by atoms with Crippen LogP contribution in [-0.2, 0) is 11.3 Å². The molecule has 2 aromatic rings. The molecule has 0 aromatic carbocycles. The second kappa shape index (κ2) is 8.17. The number of carbonyl (C=O) groups is 1. The van der Waals surface area contributed by atoms with Crippen LogP contribution in [0.5, 0.6) is 0 Å². The van der Waals surface area contributed by atoms with E-state index in [0.29, 0.717) is 5.69 Å². The number of morpholine rings is 1. The van der Waals surface area contributed by atoms with E-state index in [0.717, 1.165) is 45.2 Å². The van der Waals surface area contributed by atoms with Crippen molar-refractivity contribution in [3.63, 3.8) is 0 Å². The van der Waals surface area contributed by atoms with E-state index in [1.807, 2.05) is 29.9 Å². The molecule has 0 spiro atoms. The van der Waals surface area contributed by atoms with Crippen LogP contribution in [0.3, 0.4) is 0 Å². The van der Waals surface area contributed by atoms with Crippen molar-refractivity contribution in [1.29, 1.82) is 0 Å². The quantitative estimate of drug-likeness (QED) is 0.865. The van der Waals surface area contributed by atoms with E-state index in [9.17, 15) is 4.79 Å². The zero-order valence-electron chi connectivity index (χ0n) is 14.7. The Morgan fingerprint density at radius 3 is 2.92 bits per heavy atom. The minimum atomic E-state index is -0.198. The summed E-state index contributed by atoms with van der Waals surface area (Å²) in [6.07, 6.45) is 5.13. The predicted molar refractivity (Wildman–Crippen MR) is 93.4 cm³/mol. The molecule has 136 valence electrons. The molecule has 25 heavy (non-hydrogen) atoms. The minimum absolute atomic E-state index is 0.147. The molecule has 1 fully saturated rings. The number of nitrogens with one attached hydrogen (secondary N) is 1. The average Bonchev–Trinajstić information content (AvgIpc) is 3.31. The topological polar surface area (TPSA) is 75.8 Å². The lowest BCUT2D eigenvalue weighted by atomic mass is 10.2. The molecule has 1 aliphatic rings. The molecule has 2 aromatic heterocycles. The smallest absolute Gasteiger partial charge is 0.322 e. The van der Waals surface area contributed by atoms with Crippen molar-refractivity contribution >= 4 is 11.7 Å². The third kappa shape index (κ3) is 4.61. The Morgan fingerprint density at radius 1 is 1.40 bits per heavy atom. The summed E-state index contributed by atoms with van der Waals surface area (Å²) in [4.78, 5) is 16.3. The lowest BCUT2D eigenvalue weighted by Gasteiger charge is -2.26. The highest BCUT2D eigenvalue weighted by Crippen LogP contribution is 2.20. The number of carbonyl (C=O) groups excluding carboxylic acids is 1. The highest BCUT2D eigenvalue weighted by Gasteiger charge is 2.20. The van der Waals surface area contributed by atoms with Crippen LogP contribution in [0.4, 0.5) is 10.5 Å². The molecule has 1 saturated heterocycles. The fourth-order valence-electron chi connectivity index (χ4n) is 2.73. The highest BCUT2D eigenvalue weighted by molar-refractivity contribution is 5.89. The standard InChI is InChI=1S/C17H25N5O3/c1-14(16-4-3-9-25-16)20(2)17(23)19-15-12-18-22(13-15)6-5-21-7-10-24-11-8-21/h3-4,9,12-14H,5-8,10-11H2,1-2H3,(H,19,23). The molecule has 1 unspecified atom stereocenters. The summed E-state index contributed by atoms with van der Waals surface area (Å²) in [7, 11) is 1.74. The van der Waals surface area contributed by atoms with Crippen molar-refractivity contribution in [1.82, 2.24) is 19.6 Å². The Morgan fingerprint density at radius 2 is 2.20 bits per heavy atom. The summed E-state index contributed by atoms with van der Waals surface area (Å²) < 4.78 is 12.6. The van der Waals surface area contributed by atoms with Gasteiger partial charge in [0.1, 0.15) is 5.76 Å². The summed E-state index contributed by atoms with van der Waals surface area (Å²) in [5.41, 5.74) is 0.686. The third-order valence-electron chi connectivity index (χ3n) is 4.49. The van der Waals surface area contributed by atoms with Gasteiger partial charge in [0.2, 0.25) is 0 Å². The normalized spacial score (nSPS) is 16.6. The van der Waals surface area contributed by atoms with Gasteiger partial charge in [-0.05, 0) is 19.1 Å². The predicted octanol–water partition coefficient (Wildman–Crippen LogP) is 2.03. The van der Waals surface area contributed by atoms with Crippen LogP contribution in [0.1, 0.15) is 18.7 Å². The number of rotatable bonds is 6. The summed E-state index contributed by atoms with van der Waals surface area (Å²) >= 11 is 0. The fourth-order valence-corrected chi connectivity index (χ4v) is 2.73. The molecule has 1 aliphatic heterocycles. The maximum atomic E-state index is 12.4. The molecule has 8 heteroatoms. The van der Waals surface area contributed by atoms with Gasteiger partial charge in [0, 0.05) is 32.9 Å². The van der Waals surface area contributed by atoms with Gasteiger partial charge in [-0.1, -0.05) is 0 Å². The van der Waals surface area contributed by atoms with Crippen molar-refractivity contribution in [2.24, 2.45) is 0 Å². The summed E-state index contributed by atoms with van der Waals surface area (Å²) in [5, 5.41) is 7.19. The fraction of sp³-hybridized carbons (Fsp3) is 0.529. The van der Waals surface area contributed by atoms with Crippen LogP contribution in [0.25, 0.3) is 0 Å². The van der Waals surface area contributed by atoms with Crippen molar-refractivity contribution in [2.45, 2.75) is 19.5 Å². The van der Waals surface area contributed by atoms with Gasteiger partial charge < -0.3 is 19.4 Å². The first kappa shape index (κ1) is 17.5. The van der Waals surface area contributed by atoms with Gasteiger partial charge in [-0.3, -0.25) is 9.58 Å². The molecule has 3 rings (SSSR count). The highest BCUT2D eigenvalue weighted by atomic mass is 16.5. The number of anilines is 1. The van der Waals surface area contributed by atoms with E-state index in [1.54, 1.807) is 24.4 Å². The van der Waals surface area contributed by atoms with Gasteiger partial charge in [0.05, 0.1) is 43.9 Å². The van der Waals surface area contributed by atoms with Crippen LogP contribution >= 0.6 is 0 Å². The average molecular weight is 347 g/mol. The third-order valence-corrected chi connectivity index (χ3v) is 4.49. The Balaban J connectivity index is 1.49. The SMILES string of the molecule is CC(c1ccco1)N(C)C(=O)Nc1cnn(CCN2CCOCC2)c1. The summed E-state index contributed by atoms with van der Waals surface area (Å²) in [5.74, 6) is 0.749. The van der Waals surface area contributed by atoms with Gasteiger partial charge >= 0.3 is 6.03 Å². The van der Waals surface area contributed by atoms with Crippen molar-refractivity contribution in [3.05, 3.63) is 36.5 Å². The van der Waals surface area contributed by atoms with Gasteiger partial charge in [-0.15, -0.1) is 0 Å². The first-order chi connectivity index (χ1) is 12.1. The number of amides is 2. The van der Waals surface area contributed by atoms with Crippen LogP contribution in [0, 0.1) is 0 Å². The van der Waals surface area contributed by atoms with Crippen LogP contribution < -0.4 is 5.32 Å². The second-order valence-electron chi connectivity index (χ2n) is 6.18. The van der Waals surface area contributed by atoms with E-state index in [2.05, 4.69) is 15.3 Å². The number of furan rings is 1. The van der Waals surface area contributed by atoms with Crippen LogP contribution in [-0.4, -0.2) is 65.5 Å². The van der Waals surface area contributed by atoms with Crippen LogP contribution in [0.2, 0.25) is 0 Å². The van der Waals surface area contributed by atoms with Crippen molar-refractivity contribution in [2.75, 3.05) is 45.2 Å². The Hall–Kier alpha value is -2.32. The molecular formula is C17H25N5O3. The summed E-state index contributed by atoms with van der Waals surface area (Å²) in [6, 6.07) is 3.33. The number of ether oxygens (including phenoxy) is 1. The first-order valence-electron chi connectivity index (χ1n) is 8.53. The largest absolute Gasteiger partial charge is 0.467 e. The molecule has 0 bridgehead atoms. The van der Waals surface area contributed by atoms with Crippen LogP contribution in [0.15, 0.2) is 35.2 Å². The van der Waals surface area contributed by atoms with E-state index in [-0.39, 0.29) is 12.1 Å². The molecule has 3 heterocycles. The Labute approximate surface area is 147 Å². The minimum Gasteiger partial charge on any atom is -0.467 e. The first-order valence-corrected chi connectivity index (χ1v) is 8.53. The van der Waals surface area contributed by atoms with Gasteiger partial charge in [0.15, 0.2) is 0 Å². The van der Waals surface area contributed by atoms with Crippen molar-refractivity contribution in [3.8, 4) is 0 Å². The lowest BCUT2D eigenvalue weighted by Crippen LogP contribution is -2.38. The molecule has 0 aliphatic carbocycles. The molecule has 8 nitrogen and oxygen atoms in total. The number of urea groups is 1. The maximum absolute atomic E-state index is 12.4. The molecule has 1 N–H and O–H groups in total. The number of aromatic nitrogens is 2. The number of nitrogens with zero attached hydrogens (tertiary/aromatic N) is 4. The van der Waals surface area contributed by atoms with E-state index in [1.165, 1.54) is 0 Å². The monoisotopic (exact) mass is 347 g/mol. The summed E-state index contributed by atoms with van der Waals surface area (Å²) in [6.45, 7) is 7.13. The molecule has 0 saturated carbocycles. The van der Waals surface area contributed by atoms with Gasteiger partial charge in [-0.25, -0.2) is 4.79 Å². The zero-order chi connectivity index (χ0) is 17.6. The Kier molecular flexibility index (Phi) is 5.72. The molecular weight excluding hydrogens is 322 g/mol. The van der Waals surface area contributed by atoms with Gasteiger partial charge in [0.25, 0.3) is 0 Å².